The van der Waals surface area contributed by atoms with E-state index in [2.05, 4.69) is 6.58 Å². The summed E-state index contributed by atoms with van der Waals surface area (Å²) >= 11 is 0. The van der Waals surface area contributed by atoms with Gasteiger partial charge in [-0.15, -0.1) is 6.58 Å². The maximum Gasteiger partial charge on any atom is 0.154 e. The number of phenols is 1. The van der Waals surface area contributed by atoms with Crippen LogP contribution in [0.15, 0.2) is 43.0 Å². The van der Waals surface area contributed by atoms with Gasteiger partial charge in [0.05, 0.1) is 5.56 Å². The quantitative estimate of drug-likeness (QED) is 0.627. The number of phenolic OH excluding ortho intramolecular Hbond substituents is 1. The Kier molecular flexibility index (Phi) is 2.93. The molecule has 0 saturated heterocycles. The first-order valence-electron chi connectivity index (χ1n) is 5.19. The number of hydrogen-bond donors (Lipinski definition) is 2. The van der Waals surface area contributed by atoms with E-state index in [0.29, 0.717) is 17.2 Å². The van der Waals surface area contributed by atoms with Crippen molar-refractivity contribution in [2.75, 3.05) is 0 Å². The van der Waals surface area contributed by atoms with Gasteiger partial charge < -0.3 is 10.2 Å². The van der Waals surface area contributed by atoms with Crippen LogP contribution in [0.2, 0.25) is 0 Å². The molecule has 0 heterocycles. The van der Waals surface area contributed by atoms with Gasteiger partial charge in [-0.3, -0.25) is 4.79 Å². The summed E-state index contributed by atoms with van der Waals surface area (Å²) in [4.78, 5) is 11.0. The van der Waals surface area contributed by atoms with E-state index in [4.69, 9.17) is 0 Å². The summed E-state index contributed by atoms with van der Waals surface area (Å²) in [5, 5.41) is 21.1. The Morgan fingerprint density at radius 3 is 2.65 bits per heavy atom. The predicted molar refractivity (Wildman–Crippen MR) is 66.2 cm³/mol. The van der Waals surface area contributed by atoms with Gasteiger partial charge in [0.25, 0.3) is 0 Å². The van der Waals surface area contributed by atoms with Crippen molar-refractivity contribution in [1.29, 1.82) is 0 Å². The fourth-order valence-corrected chi connectivity index (χ4v) is 1.86. The molecular weight excluding hydrogens is 216 g/mol. The van der Waals surface area contributed by atoms with Gasteiger partial charge in [-0.2, -0.15) is 0 Å². The van der Waals surface area contributed by atoms with Gasteiger partial charge in [-0.1, -0.05) is 30.3 Å². The Balaban J connectivity index is 2.84. The Hall–Kier alpha value is -2.13. The smallest absolute Gasteiger partial charge is 0.154 e. The molecule has 2 aromatic carbocycles. The molecule has 3 heteroatoms. The minimum Gasteiger partial charge on any atom is -0.507 e. The lowest BCUT2D eigenvalue weighted by Crippen LogP contribution is -1.97. The molecule has 0 bridgehead atoms. The molecule has 2 aromatic rings. The number of benzene rings is 2. The first kappa shape index (κ1) is 11.4. The second-order valence-corrected chi connectivity index (χ2v) is 3.75. The molecule has 0 aliphatic rings. The van der Waals surface area contributed by atoms with Gasteiger partial charge in [0, 0.05) is 5.56 Å². The average molecular weight is 228 g/mol. The number of aldehydes is 1. The molecule has 2 rings (SSSR count). The standard InChI is InChI=1S/C14H12O3/c1-2-13(16)11-7-9-5-3-4-6-10(9)12(8-15)14(11)17/h2-8,13,16-17H,1H2. The normalized spacial score (nSPS) is 12.3. The van der Waals surface area contributed by atoms with E-state index in [1.54, 1.807) is 18.2 Å². The Bertz CT molecular complexity index is 587. The van der Waals surface area contributed by atoms with Crippen molar-refractivity contribution < 1.29 is 15.0 Å². The van der Waals surface area contributed by atoms with Gasteiger partial charge in [0.2, 0.25) is 0 Å². The average Bonchev–Trinajstić information content (AvgIpc) is 2.37. The lowest BCUT2D eigenvalue weighted by Gasteiger charge is -2.12. The fraction of sp³-hybridized carbons (Fsp3) is 0.0714. The summed E-state index contributed by atoms with van der Waals surface area (Å²) in [7, 11) is 0. The van der Waals surface area contributed by atoms with Crippen molar-refractivity contribution in [3.63, 3.8) is 0 Å². The highest BCUT2D eigenvalue weighted by atomic mass is 16.3. The molecule has 17 heavy (non-hydrogen) atoms. The van der Waals surface area contributed by atoms with Crippen LogP contribution in [0.3, 0.4) is 0 Å². The molecule has 1 unspecified atom stereocenters. The highest BCUT2D eigenvalue weighted by Gasteiger charge is 2.15. The topological polar surface area (TPSA) is 57.5 Å². The molecule has 0 radical (unpaired) electrons. The van der Waals surface area contributed by atoms with Crippen LogP contribution >= 0.6 is 0 Å². The molecule has 86 valence electrons. The van der Waals surface area contributed by atoms with Crippen molar-refractivity contribution in [3.05, 3.63) is 54.1 Å². The van der Waals surface area contributed by atoms with Gasteiger partial charge >= 0.3 is 0 Å². The predicted octanol–water partition coefficient (Wildman–Crippen LogP) is 2.58. The summed E-state index contributed by atoms with van der Waals surface area (Å²) in [5.74, 6) is -0.189. The Morgan fingerprint density at radius 2 is 2.00 bits per heavy atom. The lowest BCUT2D eigenvalue weighted by atomic mass is 9.97. The summed E-state index contributed by atoms with van der Waals surface area (Å²) < 4.78 is 0. The van der Waals surface area contributed by atoms with E-state index < -0.39 is 6.10 Å². The first-order chi connectivity index (χ1) is 8.19. The zero-order chi connectivity index (χ0) is 12.4. The van der Waals surface area contributed by atoms with Crippen LogP contribution in [0.1, 0.15) is 22.0 Å². The van der Waals surface area contributed by atoms with Gasteiger partial charge in [-0.25, -0.2) is 0 Å². The number of aliphatic hydroxyl groups excluding tert-OH is 1. The van der Waals surface area contributed by atoms with Crippen molar-refractivity contribution >= 4 is 17.1 Å². The van der Waals surface area contributed by atoms with E-state index in [0.717, 1.165) is 5.39 Å². The number of aromatic hydroxyl groups is 1. The molecule has 0 aliphatic carbocycles. The van der Waals surface area contributed by atoms with Crippen molar-refractivity contribution in [2.24, 2.45) is 0 Å². The van der Waals surface area contributed by atoms with E-state index >= 15 is 0 Å². The molecule has 0 fully saturated rings. The number of carbonyl (C=O) groups is 1. The molecule has 2 N–H and O–H groups in total. The number of hydrogen-bond acceptors (Lipinski definition) is 3. The molecule has 0 aromatic heterocycles. The summed E-state index contributed by atoms with van der Waals surface area (Å²) in [6.45, 7) is 3.46. The third-order valence-corrected chi connectivity index (χ3v) is 2.75. The second-order valence-electron chi connectivity index (χ2n) is 3.75. The summed E-state index contributed by atoms with van der Waals surface area (Å²) in [6.07, 6.45) is 0.911. The molecule has 0 aliphatic heterocycles. The van der Waals surface area contributed by atoms with E-state index in [1.807, 2.05) is 12.1 Å². The number of rotatable bonds is 3. The number of fused-ring (bicyclic) bond motifs is 1. The zero-order valence-corrected chi connectivity index (χ0v) is 9.13. The molecule has 0 amide bonds. The third kappa shape index (κ3) is 1.81. The molecule has 0 spiro atoms. The second kappa shape index (κ2) is 4.39. The lowest BCUT2D eigenvalue weighted by molar-refractivity contribution is 0.112. The third-order valence-electron chi connectivity index (χ3n) is 2.75. The molecular formula is C14H12O3. The van der Waals surface area contributed by atoms with Crippen molar-refractivity contribution in [1.82, 2.24) is 0 Å². The number of carbonyl (C=O) groups excluding carboxylic acids is 1. The van der Waals surface area contributed by atoms with Crippen LogP contribution < -0.4 is 0 Å². The van der Waals surface area contributed by atoms with Gasteiger partial charge in [0.15, 0.2) is 6.29 Å². The van der Waals surface area contributed by atoms with E-state index in [1.165, 1.54) is 6.08 Å². The minimum atomic E-state index is -0.988. The Labute approximate surface area is 98.6 Å². The van der Waals surface area contributed by atoms with Crippen LogP contribution in [-0.4, -0.2) is 16.5 Å². The SMILES string of the molecule is C=CC(O)c1cc2ccccc2c(C=O)c1O. The summed E-state index contributed by atoms with van der Waals surface area (Å²) in [5.41, 5.74) is 0.486. The zero-order valence-electron chi connectivity index (χ0n) is 9.13. The maximum absolute atomic E-state index is 11.0. The molecule has 3 nitrogen and oxygen atoms in total. The van der Waals surface area contributed by atoms with Crippen LogP contribution in [0, 0.1) is 0 Å². The fourth-order valence-electron chi connectivity index (χ4n) is 1.86. The first-order valence-corrected chi connectivity index (χ1v) is 5.19. The van der Waals surface area contributed by atoms with Crippen LogP contribution in [0.5, 0.6) is 5.75 Å². The molecule has 1 atom stereocenters. The maximum atomic E-state index is 11.0. The van der Waals surface area contributed by atoms with Crippen LogP contribution in [-0.2, 0) is 0 Å². The van der Waals surface area contributed by atoms with Crippen molar-refractivity contribution in [2.45, 2.75) is 6.10 Å². The van der Waals surface area contributed by atoms with Crippen LogP contribution in [0.25, 0.3) is 10.8 Å². The van der Waals surface area contributed by atoms with E-state index in [-0.39, 0.29) is 11.3 Å². The highest BCUT2D eigenvalue weighted by molar-refractivity contribution is 6.01. The van der Waals surface area contributed by atoms with Crippen molar-refractivity contribution in [3.8, 4) is 5.75 Å². The van der Waals surface area contributed by atoms with Gasteiger partial charge in [-0.05, 0) is 16.8 Å². The Morgan fingerprint density at radius 1 is 1.29 bits per heavy atom. The van der Waals surface area contributed by atoms with Gasteiger partial charge in [0.1, 0.15) is 11.9 Å². The molecule has 0 saturated carbocycles. The minimum absolute atomic E-state index is 0.189. The monoisotopic (exact) mass is 228 g/mol. The van der Waals surface area contributed by atoms with Crippen LogP contribution in [0.4, 0.5) is 0 Å². The summed E-state index contributed by atoms with van der Waals surface area (Å²) in [6, 6.07) is 8.85. The highest BCUT2D eigenvalue weighted by Crippen LogP contribution is 2.33. The van der Waals surface area contributed by atoms with E-state index in [9.17, 15) is 15.0 Å². The number of aliphatic hydroxyl groups is 1. The largest absolute Gasteiger partial charge is 0.507 e.